The first-order valence-corrected chi connectivity index (χ1v) is 10.0. The van der Waals surface area contributed by atoms with E-state index in [0.29, 0.717) is 10.6 Å². The van der Waals surface area contributed by atoms with Crippen molar-refractivity contribution >= 4 is 56.0 Å². The number of sulfone groups is 1. The Kier molecular flexibility index (Phi) is 5.56. The van der Waals surface area contributed by atoms with Gasteiger partial charge in [0.05, 0.1) is 23.2 Å². The van der Waals surface area contributed by atoms with E-state index in [-0.39, 0.29) is 32.0 Å². The minimum Gasteiger partial charge on any atom is -0.462 e. The van der Waals surface area contributed by atoms with Crippen LogP contribution in [0.2, 0.25) is 10.0 Å². The zero-order valence-corrected chi connectivity index (χ0v) is 15.7. The van der Waals surface area contributed by atoms with E-state index < -0.39 is 15.8 Å². The Morgan fingerprint density at radius 3 is 2.50 bits per heavy atom. The van der Waals surface area contributed by atoms with Gasteiger partial charge in [-0.3, -0.25) is 0 Å². The molecule has 0 aliphatic heterocycles. The Morgan fingerprint density at radius 2 is 2.00 bits per heavy atom. The van der Waals surface area contributed by atoms with E-state index in [9.17, 15) is 13.2 Å². The number of ether oxygens (including phenoxy) is 1. The molecule has 0 spiro atoms. The third kappa shape index (κ3) is 3.57. The van der Waals surface area contributed by atoms with Crippen LogP contribution in [0.25, 0.3) is 16.0 Å². The first-order chi connectivity index (χ1) is 11.2. The van der Waals surface area contributed by atoms with Crippen molar-refractivity contribution in [2.24, 2.45) is 0 Å². The van der Waals surface area contributed by atoms with Crippen LogP contribution in [0.15, 0.2) is 22.4 Å². The van der Waals surface area contributed by atoms with Gasteiger partial charge >= 0.3 is 5.97 Å². The van der Waals surface area contributed by atoms with Crippen LogP contribution in [0, 0.1) is 6.57 Å². The van der Waals surface area contributed by atoms with Crippen molar-refractivity contribution in [1.29, 1.82) is 0 Å². The zero-order chi connectivity index (χ0) is 18.1. The van der Waals surface area contributed by atoms with E-state index >= 15 is 0 Å². The van der Waals surface area contributed by atoms with Crippen LogP contribution in [0.3, 0.4) is 0 Å². The molecule has 0 N–H and O–H groups in total. The number of benzene rings is 1. The van der Waals surface area contributed by atoms with Crippen LogP contribution in [0.4, 0.5) is 5.69 Å². The molecule has 0 aliphatic carbocycles. The molecule has 9 heteroatoms. The monoisotopic (exact) mass is 403 g/mol. The van der Waals surface area contributed by atoms with Gasteiger partial charge in [0.25, 0.3) is 0 Å². The van der Waals surface area contributed by atoms with E-state index in [0.717, 1.165) is 17.6 Å². The van der Waals surface area contributed by atoms with Gasteiger partial charge in [0.2, 0.25) is 5.69 Å². The molecule has 1 heterocycles. The van der Waals surface area contributed by atoms with Crippen LogP contribution >= 0.6 is 34.5 Å². The molecule has 24 heavy (non-hydrogen) atoms. The molecule has 0 unspecified atom stereocenters. The predicted octanol–water partition coefficient (Wildman–Crippen LogP) is 4.85. The van der Waals surface area contributed by atoms with Crippen LogP contribution in [0.1, 0.15) is 16.6 Å². The van der Waals surface area contributed by atoms with Gasteiger partial charge in [0.1, 0.15) is 9.09 Å². The minimum atomic E-state index is -3.68. The molecule has 1 aromatic carbocycles. The van der Waals surface area contributed by atoms with Gasteiger partial charge in [0, 0.05) is 11.8 Å². The molecular formula is C15H11Cl2NO4S2. The van der Waals surface area contributed by atoms with E-state index in [2.05, 4.69) is 4.85 Å². The second-order valence-electron chi connectivity index (χ2n) is 4.68. The second kappa shape index (κ2) is 7.11. The number of hydrogen-bond donors (Lipinski definition) is 0. The molecule has 1 aromatic heterocycles. The number of rotatable bonds is 4. The number of esters is 1. The summed E-state index contributed by atoms with van der Waals surface area (Å²) >= 11 is 12.6. The highest BCUT2D eigenvalue weighted by molar-refractivity contribution is 7.93. The number of carbonyl (C=O) groups is 1. The highest BCUT2D eigenvalue weighted by Gasteiger charge is 2.29. The van der Waals surface area contributed by atoms with Gasteiger partial charge in [0.15, 0.2) is 9.84 Å². The fraction of sp³-hybridized carbons (Fsp3) is 0.200. The van der Waals surface area contributed by atoms with Crippen LogP contribution in [-0.4, -0.2) is 27.2 Å². The number of thiophene rings is 1. The molecule has 0 saturated carbocycles. The first kappa shape index (κ1) is 18.7. The van der Waals surface area contributed by atoms with Crippen molar-refractivity contribution in [3.05, 3.63) is 44.5 Å². The molecular weight excluding hydrogens is 393 g/mol. The fourth-order valence-electron chi connectivity index (χ4n) is 2.01. The number of carbonyl (C=O) groups excluding carboxylic acids is 1. The molecule has 126 valence electrons. The smallest absolute Gasteiger partial charge is 0.347 e. The van der Waals surface area contributed by atoms with E-state index in [4.69, 9.17) is 34.5 Å². The van der Waals surface area contributed by atoms with Gasteiger partial charge in [-0.1, -0.05) is 29.3 Å². The maximum atomic E-state index is 12.2. The average Bonchev–Trinajstić information content (AvgIpc) is 2.90. The minimum absolute atomic E-state index is 0.0432. The topological polar surface area (TPSA) is 64.8 Å². The SMILES string of the molecule is [C-]#[N+]c1c(S(C)(=O)=O)sc(C(=O)OCC)c1-c1ccc(Cl)c(Cl)c1. The predicted molar refractivity (Wildman–Crippen MR) is 95.1 cm³/mol. The lowest BCUT2D eigenvalue weighted by atomic mass is 10.1. The number of nitrogens with zero attached hydrogens (tertiary/aromatic N) is 1. The Balaban J connectivity index is 2.85. The number of halogens is 2. The summed E-state index contributed by atoms with van der Waals surface area (Å²) in [5, 5.41) is 0.535. The molecule has 0 amide bonds. The maximum absolute atomic E-state index is 12.2. The first-order valence-electron chi connectivity index (χ1n) is 6.57. The van der Waals surface area contributed by atoms with E-state index in [1.165, 1.54) is 12.1 Å². The Bertz CT molecular complexity index is 959. The highest BCUT2D eigenvalue weighted by atomic mass is 35.5. The quantitative estimate of drug-likeness (QED) is 0.540. The summed E-state index contributed by atoms with van der Waals surface area (Å²) in [5.74, 6) is -0.691. The summed E-state index contributed by atoms with van der Waals surface area (Å²) < 4.78 is 28.8. The summed E-state index contributed by atoms with van der Waals surface area (Å²) in [6.45, 7) is 9.12. The lowest BCUT2D eigenvalue weighted by molar-refractivity contribution is 0.0533. The molecule has 0 atom stereocenters. The van der Waals surface area contributed by atoms with Crippen LogP contribution in [-0.2, 0) is 14.6 Å². The molecule has 0 aliphatic rings. The summed E-state index contributed by atoms with van der Waals surface area (Å²) in [6, 6.07) is 4.56. The molecule has 5 nitrogen and oxygen atoms in total. The van der Waals surface area contributed by atoms with E-state index in [1.54, 1.807) is 13.0 Å². The Morgan fingerprint density at radius 1 is 1.33 bits per heavy atom. The molecule has 0 saturated heterocycles. The van der Waals surface area contributed by atoms with Crippen molar-refractivity contribution < 1.29 is 17.9 Å². The van der Waals surface area contributed by atoms with Crippen molar-refractivity contribution in [2.45, 2.75) is 11.1 Å². The Hall–Kier alpha value is -1.59. The summed E-state index contributed by atoms with van der Waals surface area (Å²) in [7, 11) is -3.68. The molecule has 2 rings (SSSR count). The van der Waals surface area contributed by atoms with Gasteiger partial charge in [-0.15, -0.1) is 11.3 Å². The van der Waals surface area contributed by atoms with Crippen molar-refractivity contribution in [2.75, 3.05) is 12.9 Å². The number of hydrogen-bond acceptors (Lipinski definition) is 5. The molecule has 0 radical (unpaired) electrons. The van der Waals surface area contributed by atoms with Gasteiger partial charge in [-0.2, -0.15) is 0 Å². The average molecular weight is 404 g/mol. The largest absolute Gasteiger partial charge is 0.462 e. The van der Waals surface area contributed by atoms with E-state index in [1.807, 2.05) is 0 Å². The van der Waals surface area contributed by atoms with Gasteiger partial charge in [-0.25, -0.2) is 18.1 Å². The third-order valence-electron chi connectivity index (χ3n) is 2.97. The lowest BCUT2D eigenvalue weighted by Crippen LogP contribution is -2.03. The second-order valence-corrected chi connectivity index (χ2v) is 8.72. The van der Waals surface area contributed by atoms with Crippen LogP contribution in [0.5, 0.6) is 0 Å². The maximum Gasteiger partial charge on any atom is 0.347 e. The standard InChI is InChI=1S/C15H11Cl2NO4S2/c1-4-22-14(19)13-11(8-5-6-9(16)10(17)7-8)12(18-2)15(23-13)24(3,20)21/h5-7H,4H2,1,3H3. The summed E-state index contributed by atoms with van der Waals surface area (Å²) in [4.78, 5) is 15.6. The Labute approximate surface area is 153 Å². The zero-order valence-electron chi connectivity index (χ0n) is 12.6. The summed E-state index contributed by atoms with van der Waals surface area (Å²) in [5.41, 5.74) is 0.487. The van der Waals surface area contributed by atoms with Crippen molar-refractivity contribution in [1.82, 2.24) is 0 Å². The van der Waals surface area contributed by atoms with Gasteiger partial charge < -0.3 is 4.74 Å². The normalized spacial score (nSPS) is 11.1. The van der Waals surface area contributed by atoms with Gasteiger partial charge in [-0.05, 0) is 24.6 Å². The van der Waals surface area contributed by atoms with Crippen molar-refractivity contribution in [3.63, 3.8) is 0 Å². The molecule has 0 bridgehead atoms. The van der Waals surface area contributed by atoms with Crippen molar-refractivity contribution in [3.8, 4) is 11.1 Å². The molecule has 0 fully saturated rings. The summed E-state index contributed by atoms with van der Waals surface area (Å²) in [6.07, 6.45) is 0.987. The molecule has 2 aromatic rings. The van der Waals surface area contributed by atoms with Crippen LogP contribution < -0.4 is 0 Å². The highest BCUT2D eigenvalue weighted by Crippen LogP contribution is 2.46. The lowest BCUT2D eigenvalue weighted by Gasteiger charge is -2.06. The third-order valence-corrected chi connectivity index (χ3v) is 6.69. The fourth-order valence-corrected chi connectivity index (χ4v) is 4.56.